The smallest absolute Gasteiger partial charge is 0.337 e. The Labute approximate surface area is 194 Å². The number of benzene rings is 2. The Balaban J connectivity index is 1.40. The minimum Gasteiger partial charge on any atom is -0.472 e. The molecule has 172 valence electrons. The Kier molecular flexibility index (Phi) is 6.54. The van der Waals surface area contributed by atoms with Crippen molar-refractivity contribution in [3.63, 3.8) is 0 Å². The molecule has 0 aliphatic carbocycles. The van der Waals surface area contributed by atoms with Gasteiger partial charge in [-0.15, -0.1) is 0 Å². The van der Waals surface area contributed by atoms with E-state index in [4.69, 9.17) is 8.83 Å². The van der Waals surface area contributed by atoms with Crippen LogP contribution in [0.4, 0.5) is 5.69 Å². The van der Waals surface area contributed by atoms with Crippen LogP contribution in [0, 0.1) is 6.92 Å². The lowest BCUT2D eigenvalue weighted by Gasteiger charge is -2.05. The summed E-state index contributed by atoms with van der Waals surface area (Å²) in [4.78, 5) is 40.8. The summed E-state index contributed by atoms with van der Waals surface area (Å²) in [6.07, 6.45) is 2.80. The highest BCUT2D eigenvalue weighted by molar-refractivity contribution is 6.04. The van der Waals surface area contributed by atoms with E-state index < -0.39 is 5.97 Å². The van der Waals surface area contributed by atoms with Crippen LogP contribution in [0.1, 0.15) is 42.5 Å². The number of oxazole rings is 1. The van der Waals surface area contributed by atoms with Crippen molar-refractivity contribution in [2.45, 2.75) is 13.5 Å². The van der Waals surface area contributed by atoms with Crippen LogP contribution in [0.3, 0.4) is 0 Å². The van der Waals surface area contributed by atoms with Crippen LogP contribution < -0.4 is 10.6 Å². The number of aryl methyl sites for hydroxylation is 1. The number of nitrogens with zero attached hydrogens (tertiary/aromatic N) is 1. The van der Waals surface area contributed by atoms with E-state index in [2.05, 4.69) is 20.4 Å². The monoisotopic (exact) mass is 459 g/mol. The number of nitrogens with one attached hydrogen (secondary N) is 2. The van der Waals surface area contributed by atoms with Gasteiger partial charge >= 0.3 is 5.97 Å². The average Bonchev–Trinajstić information content (AvgIpc) is 3.53. The minimum absolute atomic E-state index is 0.148. The van der Waals surface area contributed by atoms with Crippen molar-refractivity contribution in [3.05, 3.63) is 95.3 Å². The van der Waals surface area contributed by atoms with Gasteiger partial charge in [-0.2, -0.15) is 0 Å². The number of esters is 1. The van der Waals surface area contributed by atoms with Gasteiger partial charge in [-0.3, -0.25) is 9.59 Å². The van der Waals surface area contributed by atoms with Gasteiger partial charge in [0.15, 0.2) is 0 Å². The zero-order valence-electron chi connectivity index (χ0n) is 18.5. The van der Waals surface area contributed by atoms with E-state index >= 15 is 0 Å². The topological polar surface area (TPSA) is 124 Å². The number of carbonyl (C=O) groups is 3. The molecule has 0 bridgehead atoms. The standard InChI is InChI=1S/C25H21N3O6/c1-15-21(13-26-22(29)17-4-3-5-18(12-17)25(31)32-2)28-24(34-15)16-6-8-20(9-7-16)27-23(30)19-10-11-33-14-19/h3-12,14H,13H2,1-2H3,(H,26,29)(H,27,30). The summed E-state index contributed by atoms with van der Waals surface area (Å²) in [5.41, 5.74) is 2.95. The fraction of sp³-hybridized carbons (Fsp3) is 0.120. The van der Waals surface area contributed by atoms with Crippen LogP contribution in [0.25, 0.3) is 11.5 Å². The number of carbonyl (C=O) groups excluding carboxylic acids is 3. The fourth-order valence-corrected chi connectivity index (χ4v) is 3.18. The highest BCUT2D eigenvalue weighted by atomic mass is 16.5. The Morgan fingerprint density at radius 3 is 2.44 bits per heavy atom. The predicted molar refractivity (Wildman–Crippen MR) is 122 cm³/mol. The summed E-state index contributed by atoms with van der Waals surface area (Å²) >= 11 is 0. The summed E-state index contributed by atoms with van der Waals surface area (Å²) < 4.78 is 15.4. The molecule has 0 atom stereocenters. The maximum atomic E-state index is 12.5. The molecule has 0 saturated carbocycles. The molecule has 9 heteroatoms. The lowest BCUT2D eigenvalue weighted by Crippen LogP contribution is -2.23. The molecule has 2 N–H and O–H groups in total. The van der Waals surface area contributed by atoms with Gasteiger partial charge in [0.05, 0.1) is 31.0 Å². The van der Waals surface area contributed by atoms with E-state index in [9.17, 15) is 14.4 Å². The quantitative estimate of drug-likeness (QED) is 0.397. The van der Waals surface area contributed by atoms with Gasteiger partial charge in [0, 0.05) is 16.8 Å². The number of aromatic nitrogens is 1. The molecule has 34 heavy (non-hydrogen) atoms. The first-order valence-electron chi connectivity index (χ1n) is 10.3. The van der Waals surface area contributed by atoms with Crippen molar-refractivity contribution >= 4 is 23.5 Å². The third kappa shape index (κ3) is 5.04. The largest absolute Gasteiger partial charge is 0.472 e. The molecule has 4 aromatic rings. The van der Waals surface area contributed by atoms with E-state index in [1.165, 1.54) is 25.7 Å². The van der Waals surface area contributed by atoms with E-state index in [1.54, 1.807) is 55.5 Å². The molecule has 0 radical (unpaired) electrons. The Bertz CT molecular complexity index is 1320. The maximum Gasteiger partial charge on any atom is 0.337 e. The van der Waals surface area contributed by atoms with Gasteiger partial charge in [-0.05, 0) is 55.5 Å². The van der Waals surface area contributed by atoms with Gasteiger partial charge in [0.25, 0.3) is 11.8 Å². The second-order valence-electron chi connectivity index (χ2n) is 7.32. The molecule has 2 aromatic carbocycles. The van der Waals surface area contributed by atoms with Crippen LogP contribution >= 0.6 is 0 Å². The number of anilines is 1. The highest BCUT2D eigenvalue weighted by Crippen LogP contribution is 2.24. The molecule has 0 saturated heterocycles. The van der Waals surface area contributed by atoms with Crippen LogP contribution in [0.5, 0.6) is 0 Å². The van der Waals surface area contributed by atoms with Crippen LogP contribution in [0.15, 0.2) is 76.0 Å². The summed E-state index contributed by atoms with van der Waals surface area (Å²) in [7, 11) is 1.28. The molecular formula is C25H21N3O6. The SMILES string of the molecule is COC(=O)c1cccc(C(=O)NCc2nc(-c3ccc(NC(=O)c4ccoc4)cc3)oc2C)c1. The summed E-state index contributed by atoms with van der Waals surface area (Å²) in [6.45, 7) is 1.91. The number of rotatable bonds is 7. The summed E-state index contributed by atoms with van der Waals surface area (Å²) in [6, 6.07) is 14.9. The van der Waals surface area contributed by atoms with Crippen molar-refractivity contribution < 1.29 is 28.0 Å². The fourth-order valence-electron chi connectivity index (χ4n) is 3.18. The Morgan fingerprint density at radius 1 is 0.971 bits per heavy atom. The van der Waals surface area contributed by atoms with Crippen molar-refractivity contribution in [1.29, 1.82) is 0 Å². The van der Waals surface area contributed by atoms with Crippen molar-refractivity contribution in [3.8, 4) is 11.5 Å². The molecule has 2 heterocycles. The number of furan rings is 1. The van der Waals surface area contributed by atoms with Gasteiger partial charge < -0.3 is 24.2 Å². The lowest BCUT2D eigenvalue weighted by molar-refractivity contribution is 0.0600. The first-order valence-corrected chi connectivity index (χ1v) is 10.3. The molecule has 0 unspecified atom stereocenters. The zero-order chi connectivity index (χ0) is 24.1. The second kappa shape index (κ2) is 9.86. The van der Waals surface area contributed by atoms with E-state index in [0.717, 1.165) is 0 Å². The second-order valence-corrected chi connectivity index (χ2v) is 7.32. The normalized spacial score (nSPS) is 10.5. The number of methoxy groups -OCH3 is 1. The molecule has 4 rings (SSSR count). The van der Waals surface area contributed by atoms with Crippen molar-refractivity contribution in [2.75, 3.05) is 12.4 Å². The van der Waals surface area contributed by atoms with Crippen molar-refractivity contribution in [2.24, 2.45) is 0 Å². The van der Waals surface area contributed by atoms with Gasteiger partial charge in [0.2, 0.25) is 5.89 Å². The molecular weight excluding hydrogens is 438 g/mol. The van der Waals surface area contributed by atoms with Crippen LogP contribution in [-0.4, -0.2) is 29.9 Å². The molecule has 0 fully saturated rings. The molecule has 0 spiro atoms. The highest BCUT2D eigenvalue weighted by Gasteiger charge is 2.15. The van der Waals surface area contributed by atoms with Gasteiger partial charge in [-0.25, -0.2) is 9.78 Å². The molecule has 9 nitrogen and oxygen atoms in total. The summed E-state index contributed by atoms with van der Waals surface area (Å²) in [5, 5.41) is 5.56. The van der Waals surface area contributed by atoms with E-state index in [0.29, 0.717) is 45.3 Å². The lowest BCUT2D eigenvalue weighted by atomic mass is 10.1. The minimum atomic E-state index is -0.515. The molecule has 0 aliphatic heterocycles. The van der Waals surface area contributed by atoms with Crippen molar-refractivity contribution in [1.82, 2.24) is 10.3 Å². The molecule has 2 amide bonds. The third-order valence-electron chi connectivity index (χ3n) is 5.03. The first kappa shape index (κ1) is 22.5. The number of ether oxygens (including phenoxy) is 1. The number of amides is 2. The Hall–Kier alpha value is -4.66. The summed E-state index contributed by atoms with van der Waals surface area (Å²) in [5.74, 6) is -0.187. The zero-order valence-corrected chi connectivity index (χ0v) is 18.5. The van der Waals surface area contributed by atoms with Crippen LogP contribution in [0.2, 0.25) is 0 Å². The maximum absolute atomic E-state index is 12.5. The number of hydrogen-bond acceptors (Lipinski definition) is 7. The third-order valence-corrected chi connectivity index (χ3v) is 5.03. The Morgan fingerprint density at radius 2 is 1.74 bits per heavy atom. The first-order chi connectivity index (χ1) is 16.4. The average molecular weight is 459 g/mol. The van der Waals surface area contributed by atoms with Crippen LogP contribution in [-0.2, 0) is 11.3 Å². The molecule has 0 aliphatic rings. The van der Waals surface area contributed by atoms with E-state index in [-0.39, 0.29) is 18.4 Å². The number of hydrogen-bond donors (Lipinski definition) is 2. The predicted octanol–water partition coefficient (Wildman–Crippen LogP) is 4.21. The van der Waals surface area contributed by atoms with Gasteiger partial charge in [-0.1, -0.05) is 6.07 Å². The van der Waals surface area contributed by atoms with Gasteiger partial charge in [0.1, 0.15) is 17.7 Å². The molecule has 2 aromatic heterocycles. The van der Waals surface area contributed by atoms with E-state index in [1.807, 2.05) is 0 Å².